The number of halogens is 2. The van der Waals surface area contributed by atoms with Crippen LogP contribution in [0.2, 0.25) is 0 Å². The third-order valence-corrected chi connectivity index (χ3v) is 1.03. The fraction of sp³-hybridized carbons (Fsp3) is 0.833. The molecular formula is C6H17Cl2NO2. The van der Waals surface area contributed by atoms with E-state index in [2.05, 4.69) is 6.92 Å². The first kappa shape index (κ1) is 22.5. The molecule has 0 unspecified atom stereocenters. The van der Waals surface area contributed by atoms with E-state index in [4.69, 9.17) is 5.73 Å². The van der Waals surface area contributed by atoms with Gasteiger partial charge in [-0.05, 0) is 6.42 Å². The van der Waals surface area contributed by atoms with E-state index in [1.165, 1.54) is 0 Å². The number of rotatable bonds is 4. The van der Waals surface area contributed by atoms with E-state index in [0.29, 0.717) is 6.42 Å². The minimum absolute atomic E-state index is 0. The van der Waals surface area contributed by atoms with E-state index in [1.54, 1.807) is 0 Å². The van der Waals surface area contributed by atoms with Gasteiger partial charge in [0.2, 0.25) is 5.91 Å². The highest BCUT2D eigenvalue weighted by atomic mass is 35.5. The Morgan fingerprint density at radius 2 is 1.73 bits per heavy atom. The fourth-order valence-corrected chi connectivity index (χ4v) is 0.549. The van der Waals surface area contributed by atoms with Crippen LogP contribution < -0.4 is 5.73 Å². The number of primary amides is 1. The van der Waals surface area contributed by atoms with Crippen molar-refractivity contribution in [3.05, 3.63) is 0 Å². The van der Waals surface area contributed by atoms with Gasteiger partial charge in [0.05, 0.1) is 0 Å². The van der Waals surface area contributed by atoms with Crippen LogP contribution in [0, 0.1) is 0 Å². The van der Waals surface area contributed by atoms with Crippen molar-refractivity contribution in [2.24, 2.45) is 5.73 Å². The van der Waals surface area contributed by atoms with Crippen molar-refractivity contribution in [3.8, 4) is 0 Å². The maximum absolute atomic E-state index is 10.1. The zero-order valence-electron chi connectivity index (χ0n) is 6.63. The predicted octanol–water partition coefficient (Wildman–Crippen LogP) is 1.07. The molecular weight excluding hydrogens is 189 g/mol. The number of hydrogen-bond acceptors (Lipinski definition) is 1. The fourth-order valence-electron chi connectivity index (χ4n) is 0.549. The van der Waals surface area contributed by atoms with Gasteiger partial charge in [-0.2, -0.15) is 0 Å². The van der Waals surface area contributed by atoms with Crippen molar-refractivity contribution in [2.75, 3.05) is 0 Å². The molecule has 0 rings (SSSR count). The second kappa shape index (κ2) is 16.5. The van der Waals surface area contributed by atoms with Crippen LogP contribution in [0.15, 0.2) is 0 Å². The monoisotopic (exact) mass is 205 g/mol. The molecule has 4 N–H and O–H groups in total. The van der Waals surface area contributed by atoms with Crippen LogP contribution in [0.5, 0.6) is 0 Å². The molecule has 5 heteroatoms. The molecule has 0 radical (unpaired) electrons. The summed E-state index contributed by atoms with van der Waals surface area (Å²) in [5, 5.41) is 0. The quantitative estimate of drug-likeness (QED) is 0.686. The van der Waals surface area contributed by atoms with Crippen LogP contribution >= 0.6 is 24.8 Å². The van der Waals surface area contributed by atoms with Gasteiger partial charge in [-0.1, -0.05) is 19.8 Å². The lowest BCUT2D eigenvalue weighted by atomic mass is 10.2. The molecule has 0 heterocycles. The molecule has 72 valence electrons. The lowest BCUT2D eigenvalue weighted by molar-refractivity contribution is -0.118. The Bertz CT molecular complexity index is 81.0. The summed E-state index contributed by atoms with van der Waals surface area (Å²) in [4.78, 5) is 10.1. The molecule has 0 saturated carbocycles. The Hall–Kier alpha value is 0.01000. The molecule has 0 saturated heterocycles. The van der Waals surface area contributed by atoms with Crippen LogP contribution in [-0.4, -0.2) is 11.4 Å². The second-order valence-electron chi connectivity index (χ2n) is 1.92. The van der Waals surface area contributed by atoms with Gasteiger partial charge in [0.15, 0.2) is 0 Å². The highest BCUT2D eigenvalue weighted by Gasteiger charge is 1.90. The SMILES string of the molecule is CCCCCC(N)=O.Cl.Cl.O. The third-order valence-electron chi connectivity index (χ3n) is 1.03. The molecule has 0 aromatic carbocycles. The summed E-state index contributed by atoms with van der Waals surface area (Å²) in [6.07, 6.45) is 3.76. The summed E-state index contributed by atoms with van der Waals surface area (Å²) in [5.41, 5.74) is 4.89. The molecule has 0 aromatic rings. The van der Waals surface area contributed by atoms with Gasteiger partial charge in [0.25, 0.3) is 0 Å². The number of amides is 1. The van der Waals surface area contributed by atoms with Crippen molar-refractivity contribution >= 4 is 30.7 Å². The largest absolute Gasteiger partial charge is 0.412 e. The summed E-state index contributed by atoms with van der Waals surface area (Å²) >= 11 is 0. The van der Waals surface area contributed by atoms with Gasteiger partial charge in [-0.15, -0.1) is 24.8 Å². The van der Waals surface area contributed by atoms with Crippen molar-refractivity contribution in [1.29, 1.82) is 0 Å². The Morgan fingerprint density at radius 3 is 2.00 bits per heavy atom. The van der Waals surface area contributed by atoms with Crippen LogP contribution in [0.3, 0.4) is 0 Å². The Kier molecular flexibility index (Phi) is 33.8. The molecule has 0 fully saturated rings. The van der Waals surface area contributed by atoms with Gasteiger partial charge in [-0.3, -0.25) is 4.79 Å². The van der Waals surface area contributed by atoms with E-state index in [1.807, 2.05) is 0 Å². The summed E-state index contributed by atoms with van der Waals surface area (Å²) in [6.45, 7) is 2.10. The highest BCUT2D eigenvalue weighted by Crippen LogP contribution is 1.96. The molecule has 11 heavy (non-hydrogen) atoms. The van der Waals surface area contributed by atoms with Crippen molar-refractivity contribution < 1.29 is 10.3 Å². The lowest BCUT2D eigenvalue weighted by Crippen LogP contribution is -2.09. The zero-order valence-corrected chi connectivity index (χ0v) is 8.26. The number of nitrogens with two attached hydrogens (primary N) is 1. The molecule has 0 bridgehead atoms. The third kappa shape index (κ3) is 25.6. The topological polar surface area (TPSA) is 74.6 Å². The van der Waals surface area contributed by atoms with Crippen molar-refractivity contribution in [1.82, 2.24) is 0 Å². The molecule has 0 aliphatic carbocycles. The van der Waals surface area contributed by atoms with Crippen molar-refractivity contribution in [3.63, 3.8) is 0 Å². The number of hydrogen-bond donors (Lipinski definition) is 1. The molecule has 3 nitrogen and oxygen atoms in total. The van der Waals surface area contributed by atoms with E-state index < -0.39 is 0 Å². The molecule has 0 aliphatic heterocycles. The summed E-state index contributed by atoms with van der Waals surface area (Å²) in [5.74, 6) is -0.182. The average Bonchev–Trinajstić information content (AvgIpc) is 1.66. The van der Waals surface area contributed by atoms with Crippen molar-refractivity contribution in [2.45, 2.75) is 32.6 Å². The maximum Gasteiger partial charge on any atom is 0.217 e. The van der Waals surface area contributed by atoms with Gasteiger partial charge < -0.3 is 11.2 Å². The van der Waals surface area contributed by atoms with E-state index in [-0.39, 0.29) is 36.2 Å². The maximum atomic E-state index is 10.1. The van der Waals surface area contributed by atoms with Gasteiger partial charge in [0.1, 0.15) is 0 Å². The molecule has 0 atom stereocenters. The van der Waals surface area contributed by atoms with E-state index >= 15 is 0 Å². The highest BCUT2D eigenvalue weighted by molar-refractivity contribution is 5.85. The van der Waals surface area contributed by atoms with E-state index in [9.17, 15) is 4.79 Å². The number of carbonyl (C=O) groups is 1. The van der Waals surface area contributed by atoms with E-state index in [0.717, 1.165) is 19.3 Å². The first-order valence-electron chi connectivity index (χ1n) is 3.05. The Balaban J connectivity index is -0.0000000817. The molecule has 0 aromatic heterocycles. The number of unbranched alkanes of at least 4 members (excludes halogenated alkanes) is 2. The predicted molar refractivity (Wildman–Crippen MR) is 51.4 cm³/mol. The normalized spacial score (nSPS) is 6.64. The average molecular weight is 206 g/mol. The van der Waals surface area contributed by atoms with Crippen LogP contribution in [0.4, 0.5) is 0 Å². The zero-order chi connectivity index (χ0) is 6.41. The molecule has 0 aliphatic rings. The molecule has 1 amide bonds. The standard InChI is InChI=1S/C6H13NO.2ClH.H2O/c1-2-3-4-5-6(7)8;;;/h2-5H2,1H3,(H2,7,8);2*1H;1H2. The second-order valence-corrected chi connectivity index (χ2v) is 1.92. The smallest absolute Gasteiger partial charge is 0.217 e. The lowest BCUT2D eigenvalue weighted by Gasteiger charge is -1.90. The van der Waals surface area contributed by atoms with Crippen LogP contribution in [-0.2, 0) is 4.79 Å². The first-order valence-corrected chi connectivity index (χ1v) is 3.05. The van der Waals surface area contributed by atoms with Crippen LogP contribution in [0.25, 0.3) is 0 Å². The van der Waals surface area contributed by atoms with Gasteiger partial charge in [-0.25, -0.2) is 0 Å². The minimum Gasteiger partial charge on any atom is -0.412 e. The Morgan fingerprint density at radius 1 is 1.27 bits per heavy atom. The number of carbonyl (C=O) groups excluding carboxylic acids is 1. The molecule has 0 spiro atoms. The Labute approximate surface area is 79.9 Å². The first-order chi connectivity index (χ1) is 3.77. The minimum atomic E-state index is -0.182. The van der Waals surface area contributed by atoms with Gasteiger partial charge >= 0.3 is 0 Å². The summed E-state index contributed by atoms with van der Waals surface area (Å²) in [6, 6.07) is 0. The van der Waals surface area contributed by atoms with Crippen LogP contribution in [0.1, 0.15) is 32.6 Å². The van der Waals surface area contributed by atoms with Gasteiger partial charge in [0, 0.05) is 6.42 Å². The summed E-state index contributed by atoms with van der Waals surface area (Å²) in [7, 11) is 0. The summed E-state index contributed by atoms with van der Waals surface area (Å²) < 4.78 is 0.